The topological polar surface area (TPSA) is 41.7 Å². The van der Waals surface area contributed by atoms with Crippen LogP contribution in [0.4, 0.5) is 0 Å². The molecule has 1 aromatic heterocycles. The molecule has 3 nitrogen and oxygen atoms in total. The molecule has 4 heteroatoms. The molecule has 2 heterocycles. The van der Waals surface area contributed by atoms with Crippen molar-refractivity contribution in [2.75, 3.05) is 13.1 Å². The first-order valence-corrected chi connectivity index (χ1v) is 9.43. The van der Waals surface area contributed by atoms with E-state index in [2.05, 4.69) is 6.07 Å². The van der Waals surface area contributed by atoms with Crippen molar-refractivity contribution in [1.82, 2.24) is 0 Å². The maximum absolute atomic E-state index is 12.4. The zero-order chi connectivity index (χ0) is 16.9. The quantitative estimate of drug-likeness (QED) is 0.647. The number of phenolic OH excluding ortho intramolecular Hbond substituents is 1. The number of aromatic hydroxyl groups is 1. The molecule has 0 bridgehead atoms. The van der Waals surface area contributed by atoms with Gasteiger partial charge in [0.25, 0.3) is 0 Å². The number of hydrogen-bond acceptors (Lipinski definition) is 3. The Kier molecular flexibility index (Phi) is 5.48. The predicted octanol–water partition coefficient (Wildman–Crippen LogP) is 3.23. The van der Waals surface area contributed by atoms with Crippen molar-refractivity contribution < 1.29 is 14.8 Å². The van der Waals surface area contributed by atoms with Crippen molar-refractivity contribution in [3.63, 3.8) is 0 Å². The number of carbonyl (C=O) groups excluding carboxylic acids is 1. The van der Waals surface area contributed by atoms with E-state index in [1.54, 1.807) is 29.5 Å². The standard InChI is InChI=1S/C20H23NO2S/c1-15-9-12-24-20(15)8-7-18(22)16-5-6-19(23)17(13-16)14-21-10-3-2-4-11-21/h5-9,12-13,23H,2-4,10-11,14H2,1H3/p+1/b8-7+. The molecule has 0 amide bonds. The molecule has 126 valence electrons. The van der Waals surface area contributed by atoms with Gasteiger partial charge in [0.2, 0.25) is 0 Å². The normalized spacial score (nSPS) is 15.9. The lowest BCUT2D eigenvalue weighted by Crippen LogP contribution is -3.11. The first kappa shape index (κ1) is 16.9. The average molecular weight is 342 g/mol. The monoisotopic (exact) mass is 342 g/mol. The van der Waals surface area contributed by atoms with E-state index in [0.717, 1.165) is 30.1 Å². The molecule has 1 saturated heterocycles. The van der Waals surface area contributed by atoms with Crippen LogP contribution in [0.2, 0.25) is 0 Å². The van der Waals surface area contributed by atoms with Crippen molar-refractivity contribution in [1.29, 1.82) is 0 Å². The zero-order valence-corrected chi connectivity index (χ0v) is 14.9. The summed E-state index contributed by atoms with van der Waals surface area (Å²) in [5.74, 6) is 0.278. The van der Waals surface area contributed by atoms with Crippen molar-refractivity contribution in [2.45, 2.75) is 32.7 Å². The summed E-state index contributed by atoms with van der Waals surface area (Å²) in [4.78, 5) is 15.0. The second-order valence-electron chi connectivity index (χ2n) is 6.50. The van der Waals surface area contributed by atoms with Gasteiger partial charge in [-0.3, -0.25) is 4.79 Å². The maximum atomic E-state index is 12.4. The predicted molar refractivity (Wildman–Crippen MR) is 98.8 cm³/mol. The first-order valence-electron chi connectivity index (χ1n) is 8.55. The summed E-state index contributed by atoms with van der Waals surface area (Å²) in [5.41, 5.74) is 2.70. The van der Waals surface area contributed by atoms with Gasteiger partial charge in [-0.25, -0.2) is 0 Å². The molecule has 0 saturated carbocycles. The lowest BCUT2D eigenvalue weighted by molar-refractivity contribution is -0.918. The molecule has 3 rings (SSSR count). The van der Waals surface area contributed by atoms with Crippen LogP contribution < -0.4 is 4.90 Å². The molecule has 0 spiro atoms. The fourth-order valence-corrected chi connectivity index (χ4v) is 4.00. The van der Waals surface area contributed by atoms with E-state index in [1.807, 2.05) is 24.4 Å². The van der Waals surface area contributed by atoms with Crippen LogP contribution in [0.25, 0.3) is 6.08 Å². The number of allylic oxidation sites excluding steroid dienone is 1. The summed E-state index contributed by atoms with van der Waals surface area (Å²) < 4.78 is 0. The average Bonchev–Trinajstić information content (AvgIpc) is 3.00. The minimum absolute atomic E-state index is 0.0160. The highest BCUT2D eigenvalue weighted by Crippen LogP contribution is 2.20. The number of thiophene rings is 1. The molecule has 0 radical (unpaired) electrons. The Hall–Kier alpha value is -1.91. The van der Waals surface area contributed by atoms with Crippen molar-refractivity contribution >= 4 is 23.2 Å². The summed E-state index contributed by atoms with van der Waals surface area (Å²) in [6.45, 7) is 5.13. The molecule has 1 fully saturated rings. The molecule has 0 aliphatic carbocycles. The first-order chi connectivity index (χ1) is 11.6. The maximum Gasteiger partial charge on any atom is 0.185 e. The molecule has 0 atom stereocenters. The minimum Gasteiger partial charge on any atom is -0.507 e. The smallest absolute Gasteiger partial charge is 0.185 e. The van der Waals surface area contributed by atoms with Gasteiger partial charge in [0.05, 0.1) is 13.1 Å². The van der Waals surface area contributed by atoms with E-state index in [4.69, 9.17) is 0 Å². The van der Waals surface area contributed by atoms with E-state index < -0.39 is 0 Å². The number of benzene rings is 1. The summed E-state index contributed by atoms with van der Waals surface area (Å²) in [7, 11) is 0. The van der Waals surface area contributed by atoms with Crippen LogP contribution >= 0.6 is 11.3 Å². The number of phenols is 1. The molecule has 0 unspecified atom stereocenters. The van der Waals surface area contributed by atoms with Gasteiger partial charge in [-0.15, -0.1) is 11.3 Å². The summed E-state index contributed by atoms with van der Waals surface area (Å²) in [5, 5.41) is 12.2. The highest BCUT2D eigenvalue weighted by Gasteiger charge is 2.17. The van der Waals surface area contributed by atoms with Crippen LogP contribution in [0.5, 0.6) is 5.75 Å². The third kappa shape index (κ3) is 4.13. The van der Waals surface area contributed by atoms with Crippen LogP contribution in [-0.2, 0) is 6.54 Å². The van der Waals surface area contributed by atoms with Gasteiger partial charge in [0.1, 0.15) is 12.3 Å². The van der Waals surface area contributed by atoms with Gasteiger partial charge in [-0.05, 0) is 73.5 Å². The fraction of sp³-hybridized carbons (Fsp3) is 0.350. The number of carbonyl (C=O) groups is 1. The van der Waals surface area contributed by atoms with E-state index >= 15 is 0 Å². The van der Waals surface area contributed by atoms with Crippen LogP contribution in [0.3, 0.4) is 0 Å². The number of piperidine rings is 1. The highest BCUT2D eigenvalue weighted by molar-refractivity contribution is 7.11. The van der Waals surface area contributed by atoms with Crippen molar-refractivity contribution in [3.8, 4) is 5.75 Å². The number of likely N-dealkylation sites (tertiary alicyclic amines) is 1. The van der Waals surface area contributed by atoms with Gasteiger partial charge in [0.15, 0.2) is 5.78 Å². The fourth-order valence-electron chi connectivity index (χ4n) is 3.18. The molecule has 1 aliphatic rings. The Bertz CT molecular complexity index is 742. The Balaban J connectivity index is 1.73. The van der Waals surface area contributed by atoms with Gasteiger partial charge in [0, 0.05) is 16.0 Å². The Morgan fingerprint density at radius 2 is 2.04 bits per heavy atom. The number of nitrogens with one attached hydrogen (secondary N) is 1. The van der Waals surface area contributed by atoms with Crippen molar-refractivity contribution in [3.05, 3.63) is 57.3 Å². The van der Waals surface area contributed by atoms with Gasteiger partial charge >= 0.3 is 0 Å². The Morgan fingerprint density at radius 3 is 2.75 bits per heavy atom. The molecule has 24 heavy (non-hydrogen) atoms. The third-order valence-electron chi connectivity index (χ3n) is 4.65. The van der Waals surface area contributed by atoms with Crippen LogP contribution in [0.15, 0.2) is 35.7 Å². The number of aryl methyl sites for hydroxylation is 1. The second-order valence-corrected chi connectivity index (χ2v) is 7.44. The molecule has 2 aromatic rings. The second kappa shape index (κ2) is 7.77. The van der Waals surface area contributed by atoms with Gasteiger partial charge < -0.3 is 10.0 Å². The molecular formula is C20H24NO2S+. The van der Waals surface area contributed by atoms with E-state index in [-0.39, 0.29) is 5.78 Å². The largest absolute Gasteiger partial charge is 0.507 e. The zero-order valence-electron chi connectivity index (χ0n) is 14.0. The van der Waals surface area contributed by atoms with E-state index in [1.165, 1.54) is 29.7 Å². The number of quaternary nitrogens is 1. The molecule has 2 N–H and O–H groups in total. The van der Waals surface area contributed by atoms with Crippen LogP contribution in [0.1, 0.15) is 45.6 Å². The Labute approximate surface area is 147 Å². The molecule has 1 aliphatic heterocycles. The lowest BCUT2D eigenvalue weighted by atomic mass is 10.0. The molecule has 1 aromatic carbocycles. The number of hydrogen-bond donors (Lipinski definition) is 2. The highest BCUT2D eigenvalue weighted by atomic mass is 32.1. The van der Waals surface area contributed by atoms with E-state index in [0.29, 0.717) is 11.3 Å². The SMILES string of the molecule is Cc1ccsc1/C=C/C(=O)c1ccc(O)c(C[NH+]2CCCCC2)c1. The number of ketones is 1. The molecular weight excluding hydrogens is 318 g/mol. The van der Waals surface area contributed by atoms with Gasteiger partial charge in [-0.1, -0.05) is 0 Å². The minimum atomic E-state index is -0.0160. The van der Waals surface area contributed by atoms with E-state index in [9.17, 15) is 9.90 Å². The Morgan fingerprint density at radius 1 is 1.25 bits per heavy atom. The lowest BCUT2D eigenvalue weighted by Gasteiger charge is -2.23. The van der Waals surface area contributed by atoms with Crippen LogP contribution in [0, 0.1) is 6.92 Å². The summed E-state index contributed by atoms with van der Waals surface area (Å²) in [6.07, 6.45) is 7.31. The van der Waals surface area contributed by atoms with Gasteiger partial charge in [-0.2, -0.15) is 0 Å². The third-order valence-corrected chi connectivity index (χ3v) is 5.64. The number of rotatable bonds is 5. The van der Waals surface area contributed by atoms with Crippen LogP contribution in [-0.4, -0.2) is 24.0 Å². The summed E-state index contributed by atoms with van der Waals surface area (Å²) in [6, 6.07) is 7.26. The van der Waals surface area contributed by atoms with Crippen molar-refractivity contribution in [2.24, 2.45) is 0 Å². The summed E-state index contributed by atoms with van der Waals surface area (Å²) >= 11 is 1.63.